The second-order valence-electron chi connectivity index (χ2n) is 7.96. The number of primary amides is 1. The minimum Gasteiger partial charge on any atom is -0.370 e. The molecule has 0 aromatic carbocycles. The molecule has 8 heteroatoms. The summed E-state index contributed by atoms with van der Waals surface area (Å²) in [6, 6.07) is 0.567. The van der Waals surface area contributed by atoms with Crippen LogP contribution in [0.4, 0.5) is 0 Å². The summed E-state index contributed by atoms with van der Waals surface area (Å²) in [5.41, 5.74) is 5.32. The van der Waals surface area contributed by atoms with E-state index >= 15 is 0 Å². The smallest absolute Gasteiger partial charge is 0.233 e. The monoisotopic (exact) mass is 393 g/mol. The van der Waals surface area contributed by atoms with Crippen LogP contribution in [-0.2, 0) is 16.1 Å². The lowest BCUT2D eigenvalue weighted by atomic mass is 9.93. The van der Waals surface area contributed by atoms with Gasteiger partial charge < -0.3 is 15.2 Å². The van der Waals surface area contributed by atoms with Gasteiger partial charge in [0.05, 0.1) is 5.75 Å². The molecular weight excluding hydrogens is 362 g/mol. The van der Waals surface area contributed by atoms with Gasteiger partial charge in [-0.1, -0.05) is 31.0 Å². The first kappa shape index (κ1) is 20.2. The average molecular weight is 394 g/mol. The molecular formula is C19H31N5O2S. The summed E-state index contributed by atoms with van der Waals surface area (Å²) in [5.74, 6) is 1.55. The first-order valence-corrected chi connectivity index (χ1v) is 11.1. The minimum absolute atomic E-state index is 0.166. The van der Waals surface area contributed by atoms with Gasteiger partial charge in [0.15, 0.2) is 5.16 Å². The highest BCUT2D eigenvalue weighted by atomic mass is 32.2. The molecule has 150 valence electrons. The van der Waals surface area contributed by atoms with Crippen LogP contribution in [0, 0.1) is 0 Å². The van der Waals surface area contributed by atoms with Crippen LogP contribution < -0.4 is 5.73 Å². The van der Waals surface area contributed by atoms with E-state index in [1.807, 2.05) is 4.57 Å². The Hall–Kier alpha value is -1.57. The highest BCUT2D eigenvalue weighted by Crippen LogP contribution is 2.40. The van der Waals surface area contributed by atoms with E-state index in [-0.39, 0.29) is 24.3 Å². The minimum atomic E-state index is -0.333. The summed E-state index contributed by atoms with van der Waals surface area (Å²) in [4.78, 5) is 26.2. The third-order valence-electron chi connectivity index (χ3n) is 5.41. The lowest BCUT2D eigenvalue weighted by Crippen LogP contribution is -2.46. The number of aromatic nitrogens is 3. The number of carbonyl (C=O) groups excluding carboxylic acids is 2. The van der Waals surface area contributed by atoms with Crippen LogP contribution in [0.15, 0.2) is 5.16 Å². The molecule has 0 saturated heterocycles. The first-order chi connectivity index (χ1) is 13.0. The molecule has 2 saturated carbocycles. The zero-order valence-electron chi connectivity index (χ0n) is 16.4. The van der Waals surface area contributed by atoms with Gasteiger partial charge in [0, 0.05) is 31.0 Å². The van der Waals surface area contributed by atoms with E-state index in [0.717, 1.165) is 36.7 Å². The third kappa shape index (κ3) is 5.24. The van der Waals surface area contributed by atoms with Crippen molar-refractivity contribution in [2.45, 2.75) is 94.9 Å². The van der Waals surface area contributed by atoms with Gasteiger partial charge in [-0.15, -0.1) is 10.2 Å². The number of rotatable bonds is 9. The van der Waals surface area contributed by atoms with Crippen LogP contribution in [0.25, 0.3) is 0 Å². The summed E-state index contributed by atoms with van der Waals surface area (Å²) in [6.07, 6.45) is 8.39. The predicted octanol–water partition coefficient (Wildman–Crippen LogP) is 2.69. The van der Waals surface area contributed by atoms with Gasteiger partial charge in [-0.2, -0.15) is 0 Å². The molecule has 1 heterocycles. The lowest BCUT2D eigenvalue weighted by Gasteiger charge is -2.37. The quantitative estimate of drug-likeness (QED) is 0.651. The van der Waals surface area contributed by atoms with Crippen LogP contribution in [0.5, 0.6) is 0 Å². The Balaban J connectivity index is 1.65. The van der Waals surface area contributed by atoms with Gasteiger partial charge >= 0.3 is 0 Å². The summed E-state index contributed by atoms with van der Waals surface area (Å²) in [7, 11) is 0. The highest BCUT2D eigenvalue weighted by molar-refractivity contribution is 7.99. The molecule has 2 N–H and O–H groups in total. The van der Waals surface area contributed by atoms with Gasteiger partial charge in [0.1, 0.15) is 5.82 Å². The molecule has 7 nitrogen and oxygen atoms in total. The van der Waals surface area contributed by atoms with E-state index in [1.54, 1.807) is 0 Å². The zero-order chi connectivity index (χ0) is 19.4. The van der Waals surface area contributed by atoms with Crippen LogP contribution in [0.3, 0.4) is 0 Å². The van der Waals surface area contributed by atoms with Crippen molar-refractivity contribution >= 4 is 23.6 Å². The molecule has 27 heavy (non-hydrogen) atoms. The van der Waals surface area contributed by atoms with Crippen molar-refractivity contribution in [2.24, 2.45) is 5.73 Å². The topological polar surface area (TPSA) is 94.1 Å². The fourth-order valence-electron chi connectivity index (χ4n) is 3.96. The van der Waals surface area contributed by atoms with Crippen molar-refractivity contribution < 1.29 is 9.59 Å². The van der Waals surface area contributed by atoms with E-state index in [1.165, 1.54) is 31.0 Å². The van der Waals surface area contributed by atoms with E-state index in [4.69, 9.17) is 5.73 Å². The largest absolute Gasteiger partial charge is 0.370 e. The highest BCUT2D eigenvalue weighted by Gasteiger charge is 2.31. The Morgan fingerprint density at radius 2 is 1.89 bits per heavy atom. The van der Waals surface area contributed by atoms with Crippen LogP contribution in [-0.4, -0.2) is 49.3 Å². The van der Waals surface area contributed by atoms with E-state index in [2.05, 4.69) is 28.9 Å². The maximum absolute atomic E-state index is 13.0. The van der Waals surface area contributed by atoms with Crippen LogP contribution in [0.1, 0.15) is 77.0 Å². The van der Waals surface area contributed by atoms with Gasteiger partial charge in [-0.05, 0) is 39.5 Å². The van der Waals surface area contributed by atoms with Crippen molar-refractivity contribution in [3.8, 4) is 0 Å². The van der Waals surface area contributed by atoms with Gasteiger partial charge in [0.2, 0.25) is 11.8 Å². The molecule has 1 aromatic rings. The van der Waals surface area contributed by atoms with Crippen LogP contribution >= 0.6 is 11.8 Å². The molecule has 2 amide bonds. The molecule has 0 unspecified atom stereocenters. The van der Waals surface area contributed by atoms with Crippen molar-refractivity contribution in [1.82, 2.24) is 19.7 Å². The first-order valence-electron chi connectivity index (χ1n) is 10.1. The third-order valence-corrected chi connectivity index (χ3v) is 6.36. The summed E-state index contributed by atoms with van der Waals surface area (Å²) < 4.78 is 1.99. The molecule has 3 rings (SSSR count). The number of hydrogen-bond donors (Lipinski definition) is 1. The Morgan fingerprint density at radius 1 is 1.19 bits per heavy atom. The number of thioether (sulfide) groups is 1. The molecule has 2 aliphatic carbocycles. The molecule has 0 bridgehead atoms. The van der Waals surface area contributed by atoms with Crippen LogP contribution in [0.2, 0.25) is 0 Å². The molecule has 2 fully saturated rings. The number of hydrogen-bond acceptors (Lipinski definition) is 5. The molecule has 2 aliphatic rings. The van der Waals surface area contributed by atoms with E-state index in [0.29, 0.717) is 24.3 Å². The number of nitrogens with zero attached hydrogens (tertiary/aromatic N) is 4. The standard InChI is InChI=1S/C19H31N5O2S/c1-13(2)24(15-6-4-3-5-7-15)17(26)12-27-19-22-21-18(14-8-9-14)23(19)11-10-16(20)25/h13-15H,3-12H2,1-2H3,(H2,20,25). The van der Waals surface area contributed by atoms with E-state index in [9.17, 15) is 9.59 Å². The van der Waals surface area contributed by atoms with E-state index < -0.39 is 0 Å². The molecule has 0 atom stereocenters. The van der Waals surface area contributed by atoms with Crippen molar-refractivity contribution in [2.75, 3.05) is 5.75 Å². The molecule has 0 radical (unpaired) electrons. The van der Waals surface area contributed by atoms with Gasteiger partial charge in [-0.3, -0.25) is 9.59 Å². The Labute approximate surface area is 165 Å². The summed E-state index contributed by atoms with van der Waals surface area (Å²) in [6.45, 7) is 4.68. The normalized spacial score (nSPS) is 18.0. The van der Waals surface area contributed by atoms with Crippen molar-refractivity contribution in [1.29, 1.82) is 0 Å². The fraction of sp³-hybridized carbons (Fsp3) is 0.789. The SMILES string of the molecule is CC(C)N(C(=O)CSc1nnc(C2CC2)n1CCC(N)=O)C1CCCCC1. The Morgan fingerprint density at radius 3 is 2.48 bits per heavy atom. The van der Waals surface area contributed by atoms with Crippen molar-refractivity contribution in [3.63, 3.8) is 0 Å². The lowest BCUT2D eigenvalue weighted by molar-refractivity contribution is -0.133. The second kappa shape index (κ2) is 9.08. The summed E-state index contributed by atoms with van der Waals surface area (Å²) in [5, 5.41) is 9.34. The van der Waals surface area contributed by atoms with Gasteiger partial charge in [-0.25, -0.2) is 0 Å². The molecule has 1 aromatic heterocycles. The average Bonchev–Trinajstić information content (AvgIpc) is 3.39. The molecule has 0 aliphatic heterocycles. The number of nitrogens with two attached hydrogens (primary N) is 1. The Kier molecular flexibility index (Phi) is 6.78. The fourth-order valence-corrected chi connectivity index (χ4v) is 4.80. The van der Waals surface area contributed by atoms with Crippen molar-refractivity contribution in [3.05, 3.63) is 5.82 Å². The summed E-state index contributed by atoms with van der Waals surface area (Å²) >= 11 is 1.43. The predicted molar refractivity (Wildman–Crippen MR) is 105 cm³/mol. The zero-order valence-corrected chi connectivity index (χ0v) is 17.2. The van der Waals surface area contributed by atoms with Gasteiger partial charge in [0.25, 0.3) is 0 Å². The molecule has 0 spiro atoms. The number of amides is 2. The Bertz CT molecular complexity index is 665. The second-order valence-corrected chi connectivity index (χ2v) is 8.90. The number of carbonyl (C=O) groups is 2. The maximum Gasteiger partial charge on any atom is 0.233 e. The maximum atomic E-state index is 13.0.